The Balaban J connectivity index is 2.58. The number of amides is 2. The van der Waals surface area contributed by atoms with Crippen molar-refractivity contribution in [1.82, 2.24) is 5.32 Å². The van der Waals surface area contributed by atoms with Crippen molar-refractivity contribution in [3.05, 3.63) is 0 Å². The SMILES string of the molecule is CO[C@H]1CC(=O)NC1=O. The molecule has 1 fully saturated rings. The summed E-state index contributed by atoms with van der Waals surface area (Å²) in [6.07, 6.45) is -0.396. The third kappa shape index (κ3) is 1.08. The van der Waals surface area contributed by atoms with Crippen LogP contribution in [0, 0.1) is 0 Å². The molecule has 0 bridgehead atoms. The van der Waals surface area contributed by atoms with Crippen molar-refractivity contribution in [3.8, 4) is 0 Å². The fourth-order valence-electron chi connectivity index (χ4n) is 0.720. The fourth-order valence-corrected chi connectivity index (χ4v) is 0.720. The Kier molecular flexibility index (Phi) is 1.48. The van der Waals surface area contributed by atoms with E-state index in [0.717, 1.165) is 0 Å². The second-order valence-electron chi connectivity index (χ2n) is 1.84. The molecule has 0 aromatic heterocycles. The van der Waals surface area contributed by atoms with Crippen molar-refractivity contribution in [2.24, 2.45) is 0 Å². The summed E-state index contributed by atoms with van der Waals surface area (Å²) in [7, 11) is 1.41. The van der Waals surface area contributed by atoms with Crippen LogP contribution >= 0.6 is 0 Å². The number of hydrogen-bond donors (Lipinski definition) is 1. The molecule has 1 aliphatic heterocycles. The molecule has 1 atom stereocenters. The van der Waals surface area contributed by atoms with Crippen LogP contribution in [0.3, 0.4) is 0 Å². The number of methoxy groups -OCH3 is 1. The van der Waals surface area contributed by atoms with Crippen LogP contribution in [-0.2, 0) is 14.3 Å². The first kappa shape index (κ1) is 6.22. The van der Waals surface area contributed by atoms with Crippen LogP contribution in [0.2, 0.25) is 0 Å². The van der Waals surface area contributed by atoms with Crippen molar-refractivity contribution >= 4 is 11.8 Å². The van der Waals surface area contributed by atoms with E-state index in [1.807, 2.05) is 0 Å². The van der Waals surface area contributed by atoms with Gasteiger partial charge in [0.2, 0.25) is 5.91 Å². The molecule has 50 valence electrons. The number of ether oxygens (including phenoxy) is 1. The zero-order valence-electron chi connectivity index (χ0n) is 5.01. The van der Waals surface area contributed by atoms with Gasteiger partial charge in [-0.15, -0.1) is 0 Å². The smallest absolute Gasteiger partial charge is 0.256 e. The quantitative estimate of drug-likeness (QED) is 0.464. The second-order valence-corrected chi connectivity index (χ2v) is 1.84. The fraction of sp³-hybridized carbons (Fsp3) is 0.600. The van der Waals surface area contributed by atoms with Crippen LogP contribution in [0.15, 0.2) is 0 Å². The van der Waals surface area contributed by atoms with E-state index in [2.05, 4.69) is 10.1 Å². The Labute approximate surface area is 52.2 Å². The second kappa shape index (κ2) is 2.14. The maximum Gasteiger partial charge on any atom is 0.256 e. The molecule has 0 radical (unpaired) electrons. The molecule has 0 aromatic rings. The molecule has 2 amide bonds. The van der Waals surface area contributed by atoms with Gasteiger partial charge in [0.15, 0.2) is 0 Å². The van der Waals surface area contributed by atoms with Crippen molar-refractivity contribution in [1.29, 1.82) is 0 Å². The predicted octanol–water partition coefficient (Wildman–Crippen LogP) is -0.952. The first-order chi connectivity index (χ1) is 4.24. The number of nitrogens with one attached hydrogen (secondary N) is 1. The molecule has 0 saturated carbocycles. The minimum absolute atomic E-state index is 0.162. The van der Waals surface area contributed by atoms with Crippen molar-refractivity contribution in [3.63, 3.8) is 0 Å². The number of carbonyl (C=O) groups excluding carboxylic acids is 2. The third-order valence-corrected chi connectivity index (χ3v) is 1.21. The Morgan fingerprint density at radius 1 is 1.67 bits per heavy atom. The molecule has 4 nitrogen and oxygen atoms in total. The van der Waals surface area contributed by atoms with E-state index >= 15 is 0 Å². The lowest BCUT2D eigenvalue weighted by Gasteiger charge is -1.98. The summed E-state index contributed by atoms with van der Waals surface area (Å²) in [5, 5.41) is 2.11. The summed E-state index contributed by atoms with van der Waals surface area (Å²) in [6.45, 7) is 0. The molecule has 1 aliphatic rings. The van der Waals surface area contributed by atoms with E-state index in [4.69, 9.17) is 0 Å². The monoisotopic (exact) mass is 129 g/mol. The lowest BCUT2D eigenvalue weighted by molar-refractivity contribution is -0.128. The third-order valence-electron chi connectivity index (χ3n) is 1.21. The number of hydrogen-bond acceptors (Lipinski definition) is 3. The van der Waals surface area contributed by atoms with E-state index in [-0.39, 0.29) is 18.2 Å². The summed E-state index contributed by atoms with van der Waals surface area (Å²) in [5.74, 6) is -0.589. The molecule has 1 rings (SSSR count). The molecule has 0 spiro atoms. The van der Waals surface area contributed by atoms with Gasteiger partial charge in [0.05, 0.1) is 6.42 Å². The van der Waals surface area contributed by atoms with E-state index in [1.165, 1.54) is 7.11 Å². The summed E-state index contributed by atoms with van der Waals surface area (Å²) in [4.78, 5) is 21.0. The molecule has 9 heavy (non-hydrogen) atoms. The maximum atomic E-state index is 10.6. The predicted molar refractivity (Wildman–Crippen MR) is 28.6 cm³/mol. The first-order valence-corrected chi connectivity index (χ1v) is 2.60. The van der Waals surface area contributed by atoms with E-state index in [9.17, 15) is 9.59 Å². The van der Waals surface area contributed by atoms with Gasteiger partial charge in [0.1, 0.15) is 6.10 Å². The molecule has 0 aliphatic carbocycles. The highest BCUT2D eigenvalue weighted by atomic mass is 16.5. The number of imide groups is 1. The first-order valence-electron chi connectivity index (χ1n) is 2.60. The van der Waals surface area contributed by atoms with Gasteiger partial charge in [0.25, 0.3) is 5.91 Å². The van der Waals surface area contributed by atoms with Crippen LogP contribution < -0.4 is 5.32 Å². The van der Waals surface area contributed by atoms with E-state index in [1.54, 1.807) is 0 Å². The largest absolute Gasteiger partial charge is 0.371 e. The average molecular weight is 129 g/mol. The molecule has 1 heterocycles. The summed E-state index contributed by atoms with van der Waals surface area (Å²) >= 11 is 0. The molecule has 0 unspecified atom stereocenters. The lowest BCUT2D eigenvalue weighted by atomic mass is 10.3. The molecular formula is C5H7NO3. The Hall–Kier alpha value is -0.900. The molecular weight excluding hydrogens is 122 g/mol. The molecule has 4 heteroatoms. The van der Waals surface area contributed by atoms with Crippen LogP contribution in [0.4, 0.5) is 0 Å². The van der Waals surface area contributed by atoms with Crippen molar-refractivity contribution in [2.45, 2.75) is 12.5 Å². The van der Waals surface area contributed by atoms with Gasteiger partial charge in [0, 0.05) is 7.11 Å². The summed E-state index contributed by atoms with van der Waals surface area (Å²) < 4.78 is 4.66. The Morgan fingerprint density at radius 2 is 2.33 bits per heavy atom. The van der Waals surface area contributed by atoms with Crippen LogP contribution in [0.25, 0.3) is 0 Å². The van der Waals surface area contributed by atoms with Gasteiger partial charge in [-0.25, -0.2) is 0 Å². The molecule has 1 saturated heterocycles. The zero-order chi connectivity index (χ0) is 6.85. The zero-order valence-corrected chi connectivity index (χ0v) is 5.01. The van der Waals surface area contributed by atoms with Crippen LogP contribution in [0.1, 0.15) is 6.42 Å². The summed E-state index contributed by atoms with van der Waals surface area (Å²) in [6, 6.07) is 0. The average Bonchev–Trinajstić information content (AvgIpc) is 2.10. The topological polar surface area (TPSA) is 55.4 Å². The van der Waals surface area contributed by atoms with Crippen LogP contribution in [0.5, 0.6) is 0 Å². The highest BCUT2D eigenvalue weighted by Gasteiger charge is 2.29. The molecule has 1 N–H and O–H groups in total. The lowest BCUT2D eigenvalue weighted by Crippen LogP contribution is -2.25. The van der Waals surface area contributed by atoms with Gasteiger partial charge < -0.3 is 4.74 Å². The minimum atomic E-state index is -0.558. The normalized spacial score (nSPS) is 26.6. The van der Waals surface area contributed by atoms with E-state index in [0.29, 0.717) is 0 Å². The van der Waals surface area contributed by atoms with Gasteiger partial charge >= 0.3 is 0 Å². The van der Waals surface area contributed by atoms with Crippen LogP contribution in [-0.4, -0.2) is 25.0 Å². The molecule has 0 aromatic carbocycles. The Morgan fingerprint density at radius 3 is 2.56 bits per heavy atom. The van der Waals surface area contributed by atoms with Gasteiger partial charge in [-0.05, 0) is 0 Å². The highest BCUT2D eigenvalue weighted by Crippen LogP contribution is 2.03. The Bertz CT molecular complexity index is 154. The number of rotatable bonds is 1. The number of carbonyl (C=O) groups is 2. The maximum absolute atomic E-state index is 10.6. The highest BCUT2D eigenvalue weighted by molar-refractivity contribution is 6.04. The van der Waals surface area contributed by atoms with Gasteiger partial charge in [-0.1, -0.05) is 0 Å². The summed E-state index contributed by atoms with van der Waals surface area (Å²) in [5.41, 5.74) is 0. The van der Waals surface area contributed by atoms with Gasteiger partial charge in [-0.3, -0.25) is 14.9 Å². The standard InChI is InChI=1S/C5H7NO3/c1-9-3-2-4(7)6-5(3)8/h3H,2H2,1H3,(H,6,7,8)/t3-/m0/s1. The minimum Gasteiger partial charge on any atom is -0.371 e. The van der Waals surface area contributed by atoms with Crippen molar-refractivity contribution in [2.75, 3.05) is 7.11 Å². The van der Waals surface area contributed by atoms with E-state index < -0.39 is 6.10 Å². The van der Waals surface area contributed by atoms with Crippen molar-refractivity contribution < 1.29 is 14.3 Å². The van der Waals surface area contributed by atoms with Gasteiger partial charge in [-0.2, -0.15) is 0 Å².